The Morgan fingerprint density at radius 2 is 1.47 bits per heavy atom. The average Bonchev–Trinajstić information content (AvgIpc) is 2.24. The first-order chi connectivity index (χ1) is 7.72. The van der Waals surface area contributed by atoms with Crippen LogP contribution in [0.3, 0.4) is 0 Å². The maximum atomic E-state index is 10.1. The van der Waals surface area contributed by atoms with Gasteiger partial charge in [0.1, 0.15) is 12.1 Å². The van der Waals surface area contributed by atoms with Gasteiger partial charge in [-0.2, -0.15) is 12.6 Å². The summed E-state index contributed by atoms with van der Waals surface area (Å²) in [4.78, 5) is 29.9. The summed E-state index contributed by atoms with van der Waals surface area (Å²) in [6.07, 6.45) is 0.123. The van der Waals surface area contributed by atoms with Crippen molar-refractivity contribution in [3.8, 4) is 0 Å². The lowest BCUT2D eigenvalue weighted by molar-refractivity contribution is -0.139. The summed E-state index contributed by atoms with van der Waals surface area (Å²) in [5, 5.41) is 16.2. The zero-order valence-electron chi connectivity index (χ0n) is 9.07. The highest BCUT2D eigenvalue weighted by molar-refractivity contribution is 7.80. The van der Waals surface area contributed by atoms with Crippen molar-refractivity contribution in [1.29, 1.82) is 0 Å². The number of amides is 1. The number of carboxylic acids is 2. The second kappa shape index (κ2) is 9.87. The third-order valence-corrected chi connectivity index (χ3v) is 1.93. The van der Waals surface area contributed by atoms with Crippen LogP contribution in [0.5, 0.6) is 0 Å². The molecule has 0 fully saturated rings. The standard InChI is InChI=1S/C5H10N2O3.C3H7NO2S/c6-3(5(9)10)1-2-4(7)8;4-2(1-7)3(5)6/h3H,1-2,6H2,(H2,7,8)(H,9,10);2,7H,1,4H2,(H,5,6)/t3-;/m0./s1. The molecule has 0 aliphatic heterocycles. The van der Waals surface area contributed by atoms with Gasteiger partial charge < -0.3 is 27.4 Å². The van der Waals surface area contributed by atoms with Crippen LogP contribution in [0.4, 0.5) is 0 Å². The molecule has 9 heteroatoms. The van der Waals surface area contributed by atoms with Crippen molar-refractivity contribution in [2.45, 2.75) is 24.9 Å². The van der Waals surface area contributed by atoms with Gasteiger partial charge in [-0.1, -0.05) is 0 Å². The molecule has 0 saturated carbocycles. The molecule has 0 rings (SSSR count). The van der Waals surface area contributed by atoms with E-state index in [1.54, 1.807) is 0 Å². The number of hydrogen-bond donors (Lipinski definition) is 6. The van der Waals surface area contributed by atoms with Crippen molar-refractivity contribution in [2.75, 3.05) is 5.75 Å². The van der Waals surface area contributed by atoms with Crippen LogP contribution in [0.1, 0.15) is 12.8 Å². The molecule has 1 amide bonds. The van der Waals surface area contributed by atoms with E-state index in [4.69, 9.17) is 27.4 Å². The zero-order valence-corrected chi connectivity index (χ0v) is 9.97. The van der Waals surface area contributed by atoms with E-state index in [-0.39, 0.29) is 18.6 Å². The normalized spacial score (nSPS) is 12.9. The Kier molecular flexibility index (Phi) is 10.5. The van der Waals surface area contributed by atoms with E-state index in [0.717, 1.165) is 0 Å². The van der Waals surface area contributed by atoms with Gasteiger partial charge in [0.2, 0.25) is 5.91 Å². The van der Waals surface area contributed by atoms with Crippen LogP contribution >= 0.6 is 12.6 Å². The molecule has 0 aliphatic carbocycles. The van der Waals surface area contributed by atoms with Crippen molar-refractivity contribution < 1.29 is 24.6 Å². The van der Waals surface area contributed by atoms with Gasteiger partial charge in [-0.15, -0.1) is 0 Å². The smallest absolute Gasteiger partial charge is 0.321 e. The predicted octanol–water partition coefficient (Wildman–Crippen LogP) is -2.01. The molecule has 0 aliphatic rings. The van der Waals surface area contributed by atoms with Crippen molar-refractivity contribution in [3.05, 3.63) is 0 Å². The molecular weight excluding hydrogens is 250 g/mol. The molecule has 0 saturated heterocycles. The Labute approximate surface area is 104 Å². The molecular formula is C8H17N3O5S. The summed E-state index contributed by atoms with van der Waals surface area (Å²) in [5.74, 6) is -2.46. The minimum absolute atomic E-state index is 0.0213. The summed E-state index contributed by atoms with van der Waals surface area (Å²) in [7, 11) is 0. The molecule has 0 aromatic carbocycles. The fourth-order valence-corrected chi connectivity index (χ4v) is 0.656. The first kappa shape index (κ1) is 18.1. The fraction of sp³-hybridized carbons (Fsp3) is 0.625. The van der Waals surface area contributed by atoms with Crippen LogP contribution in [0.2, 0.25) is 0 Å². The predicted molar refractivity (Wildman–Crippen MR) is 63.5 cm³/mol. The minimum atomic E-state index is -1.11. The second-order valence-corrected chi connectivity index (χ2v) is 3.44. The summed E-state index contributed by atoms with van der Waals surface area (Å²) < 4.78 is 0. The Morgan fingerprint density at radius 1 is 1.06 bits per heavy atom. The van der Waals surface area contributed by atoms with Crippen LogP contribution in [0.15, 0.2) is 0 Å². The summed E-state index contributed by atoms with van der Waals surface area (Å²) in [6, 6.07) is -1.80. The average molecular weight is 267 g/mol. The van der Waals surface area contributed by atoms with E-state index in [1.165, 1.54) is 0 Å². The number of aliphatic carboxylic acids is 2. The molecule has 0 heterocycles. The van der Waals surface area contributed by atoms with E-state index in [1.807, 2.05) is 0 Å². The second-order valence-electron chi connectivity index (χ2n) is 3.08. The third-order valence-electron chi connectivity index (χ3n) is 1.53. The van der Waals surface area contributed by atoms with Gasteiger partial charge in [0.25, 0.3) is 0 Å². The van der Waals surface area contributed by atoms with Gasteiger partial charge in [-0.25, -0.2) is 0 Å². The van der Waals surface area contributed by atoms with E-state index in [2.05, 4.69) is 12.6 Å². The van der Waals surface area contributed by atoms with Crippen molar-refractivity contribution >= 4 is 30.5 Å². The molecule has 0 radical (unpaired) electrons. The quantitative estimate of drug-likeness (QED) is 0.302. The van der Waals surface area contributed by atoms with Crippen LogP contribution in [-0.4, -0.2) is 45.9 Å². The number of primary amides is 1. The zero-order chi connectivity index (χ0) is 14.0. The van der Waals surface area contributed by atoms with Crippen molar-refractivity contribution in [2.24, 2.45) is 17.2 Å². The topological polar surface area (TPSA) is 170 Å². The molecule has 8 N–H and O–H groups in total. The first-order valence-corrected chi connectivity index (χ1v) is 5.21. The van der Waals surface area contributed by atoms with Crippen LogP contribution in [-0.2, 0) is 14.4 Å². The van der Waals surface area contributed by atoms with Crippen LogP contribution < -0.4 is 17.2 Å². The molecule has 100 valence electrons. The highest BCUT2D eigenvalue weighted by atomic mass is 32.1. The number of rotatable bonds is 6. The molecule has 0 aromatic rings. The number of hydrogen-bond acceptors (Lipinski definition) is 6. The molecule has 0 spiro atoms. The van der Waals surface area contributed by atoms with E-state index < -0.39 is 29.9 Å². The minimum Gasteiger partial charge on any atom is -0.480 e. The van der Waals surface area contributed by atoms with Gasteiger partial charge in [-0.3, -0.25) is 14.4 Å². The van der Waals surface area contributed by atoms with Gasteiger partial charge in [-0.05, 0) is 6.42 Å². The first-order valence-electron chi connectivity index (χ1n) is 4.58. The lowest BCUT2D eigenvalue weighted by Gasteiger charge is -2.01. The summed E-state index contributed by atoms with van der Waals surface area (Å²) in [6.45, 7) is 0. The lowest BCUT2D eigenvalue weighted by Crippen LogP contribution is -2.31. The number of thiol groups is 1. The number of carbonyl (C=O) groups excluding carboxylic acids is 1. The molecule has 0 bridgehead atoms. The van der Waals surface area contributed by atoms with Gasteiger partial charge >= 0.3 is 11.9 Å². The Bertz CT molecular complexity index is 274. The van der Waals surface area contributed by atoms with E-state index in [0.29, 0.717) is 0 Å². The Morgan fingerprint density at radius 3 is 1.65 bits per heavy atom. The van der Waals surface area contributed by atoms with Crippen molar-refractivity contribution in [1.82, 2.24) is 0 Å². The molecule has 8 nitrogen and oxygen atoms in total. The maximum Gasteiger partial charge on any atom is 0.321 e. The van der Waals surface area contributed by atoms with Crippen LogP contribution in [0, 0.1) is 0 Å². The third kappa shape index (κ3) is 12.6. The summed E-state index contributed by atoms with van der Waals surface area (Å²) >= 11 is 3.65. The molecule has 0 aromatic heterocycles. The van der Waals surface area contributed by atoms with Crippen LogP contribution in [0.25, 0.3) is 0 Å². The largest absolute Gasteiger partial charge is 0.480 e. The number of carbonyl (C=O) groups is 3. The van der Waals surface area contributed by atoms with Gasteiger partial charge in [0.05, 0.1) is 0 Å². The van der Waals surface area contributed by atoms with Crippen molar-refractivity contribution in [3.63, 3.8) is 0 Å². The lowest BCUT2D eigenvalue weighted by atomic mass is 10.2. The van der Waals surface area contributed by atoms with Gasteiger partial charge in [0.15, 0.2) is 0 Å². The maximum absolute atomic E-state index is 10.1. The highest BCUT2D eigenvalue weighted by Crippen LogP contribution is 1.92. The van der Waals surface area contributed by atoms with E-state index >= 15 is 0 Å². The molecule has 2 atom stereocenters. The highest BCUT2D eigenvalue weighted by Gasteiger charge is 2.11. The number of nitrogens with two attached hydrogens (primary N) is 3. The Balaban J connectivity index is 0. The van der Waals surface area contributed by atoms with Gasteiger partial charge in [0, 0.05) is 12.2 Å². The van der Waals surface area contributed by atoms with E-state index in [9.17, 15) is 14.4 Å². The SMILES string of the molecule is NC(=O)CC[C@H](N)C(=O)O.NC(CS)C(=O)O. The molecule has 17 heavy (non-hydrogen) atoms. The fourth-order valence-electron chi connectivity index (χ4n) is 0.499. The number of carboxylic acid groups (broad SMARTS) is 2. The summed E-state index contributed by atoms with van der Waals surface area (Å²) in [5.41, 5.74) is 14.8. The monoisotopic (exact) mass is 267 g/mol. The Hall–Kier alpha value is -1.32. The molecule has 1 unspecified atom stereocenters.